The summed E-state index contributed by atoms with van der Waals surface area (Å²) in [6, 6.07) is 0.161. The molecular weight excluding hydrogens is 256 g/mol. The molecule has 2 unspecified atom stereocenters. The van der Waals surface area contributed by atoms with Gasteiger partial charge < -0.3 is 15.4 Å². The molecule has 0 aliphatic heterocycles. The molecule has 2 atom stereocenters. The van der Waals surface area contributed by atoms with E-state index in [-0.39, 0.29) is 18.0 Å². The highest BCUT2D eigenvalue weighted by Crippen LogP contribution is 2.24. The largest absolute Gasteiger partial charge is 0.444 e. The van der Waals surface area contributed by atoms with Gasteiger partial charge in [0, 0.05) is 12.6 Å². The Morgan fingerprint density at radius 1 is 1.30 bits per heavy atom. The molecule has 2 amide bonds. The van der Waals surface area contributed by atoms with E-state index in [4.69, 9.17) is 4.74 Å². The van der Waals surface area contributed by atoms with Crippen LogP contribution in [0.2, 0.25) is 0 Å². The van der Waals surface area contributed by atoms with Gasteiger partial charge in [0.05, 0.1) is 0 Å². The van der Waals surface area contributed by atoms with Gasteiger partial charge in [0.25, 0.3) is 5.91 Å². The van der Waals surface area contributed by atoms with Crippen LogP contribution in [0.1, 0.15) is 47.0 Å². The van der Waals surface area contributed by atoms with Crippen LogP contribution in [-0.2, 0) is 9.53 Å². The Balaban J connectivity index is 2.26. The first-order valence-corrected chi connectivity index (χ1v) is 7.00. The fourth-order valence-corrected chi connectivity index (χ4v) is 2.27. The summed E-state index contributed by atoms with van der Waals surface area (Å²) in [5.74, 6) is 5.21. The Bertz CT molecular complexity index is 415. The van der Waals surface area contributed by atoms with Crippen LogP contribution >= 0.6 is 0 Å². The summed E-state index contributed by atoms with van der Waals surface area (Å²) in [4.78, 5) is 22.9. The van der Waals surface area contributed by atoms with E-state index >= 15 is 0 Å². The molecule has 0 aromatic carbocycles. The number of rotatable bonds is 3. The van der Waals surface area contributed by atoms with Gasteiger partial charge in [0.15, 0.2) is 0 Å². The van der Waals surface area contributed by atoms with E-state index in [0.717, 1.165) is 19.3 Å². The molecular formula is C15H24N2O3. The van der Waals surface area contributed by atoms with Crippen molar-refractivity contribution in [3.05, 3.63) is 0 Å². The maximum absolute atomic E-state index is 11.5. The summed E-state index contributed by atoms with van der Waals surface area (Å²) < 4.78 is 5.18. The first-order valence-electron chi connectivity index (χ1n) is 7.00. The quantitative estimate of drug-likeness (QED) is 0.775. The van der Waals surface area contributed by atoms with Crippen molar-refractivity contribution in [2.45, 2.75) is 58.6 Å². The first kappa shape index (κ1) is 16.4. The van der Waals surface area contributed by atoms with Crippen LogP contribution in [-0.4, -0.2) is 30.2 Å². The van der Waals surface area contributed by atoms with Crippen LogP contribution in [0.25, 0.3) is 0 Å². The lowest BCUT2D eigenvalue weighted by Crippen LogP contribution is -2.36. The van der Waals surface area contributed by atoms with E-state index in [0.29, 0.717) is 12.5 Å². The summed E-state index contributed by atoms with van der Waals surface area (Å²) in [6.07, 6.45) is 2.40. The van der Waals surface area contributed by atoms with Gasteiger partial charge in [-0.15, -0.1) is 0 Å². The van der Waals surface area contributed by atoms with Gasteiger partial charge in [-0.25, -0.2) is 4.79 Å². The fourth-order valence-electron chi connectivity index (χ4n) is 2.27. The molecule has 0 spiro atoms. The Morgan fingerprint density at radius 2 is 2.00 bits per heavy atom. The average molecular weight is 280 g/mol. The number of amides is 2. The van der Waals surface area contributed by atoms with Crippen molar-refractivity contribution >= 4 is 12.0 Å². The molecule has 1 fully saturated rings. The number of nitrogens with one attached hydrogen (secondary N) is 2. The van der Waals surface area contributed by atoms with Crippen LogP contribution in [0.4, 0.5) is 4.79 Å². The van der Waals surface area contributed by atoms with Crippen molar-refractivity contribution in [2.24, 2.45) is 5.92 Å². The number of ether oxygens (including phenoxy) is 1. The third-order valence-electron chi connectivity index (χ3n) is 3.05. The van der Waals surface area contributed by atoms with Gasteiger partial charge in [-0.05, 0) is 58.8 Å². The summed E-state index contributed by atoms with van der Waals surface area (Å²) in [5, 5.41) is 5.66. The van der Waals surface area contributed by atoms with Gasteiger partial charge in [0.2, 0.25) is 0 Å². The fraction of sp³-hybridized carbons (Fsp3) is 0.733. The molecule has 112 valence electrons. The number of hydrogen-bond acceptors (Lipinski definition) is 3. The summed E-state index contributed by atoms with van der Waals surface area (Å²) in [5.41, 5.74) is -0.477. The molecule has 20 heavy (non-hydrogen) atoms. The lowest BCUT2D eigenvalue weighted by atomic mass is 10.1. The summed E-state index contributed by atoms with van der Waals surface area (Å²) >= 11 is 0. The molecule has 0 aromatic heterocycles. The van der Waals surface area contributed by atoms with E-state index in [1.807, 2.05) is 20.8 Å². The monoisotopic (exact) mass is 280 g/mol. The highest BCUT2D eigenvalue weighted by molar-refractivity contribution is 5.93. The number of carbonyl (C=O) groups is 2. The van der Waals surface area contributed by atoms with Gasteiger partial charge in [0.1, 0.15) is 5.60 Å². The number of hydrogen-bond donors (Lipinski definition) is 2. The zero-order valence-electron chi connectivity index (χ0n) is 12.7. The Hall–Kier alpha value is -1.70. The molecule has 0 radical (unpaired) electrons. The third kappa shape index (κ3) is 6.46. The van der Waals surface area contributed by atoms with Crippen LogP contribution in [0.15, 0.2) is 0 Å². The van der Waals surface area contributed by atoms with Crippen molar-refractivity contribution in [1.29, 1.82) is 0 Å². The van der Waals surface area contributed by atoms with Crippen molar-refractivity contribution < 1.29 is 14.3 Å². The van der Waals surface area contributed by atoms with Crippen LogP contribution in [0, 0.1) is 17.8 Å². The number of carbonyl (C=O) groups excluding carboxylic acids is 2. The van der Waals surface area contributed by atoms with Gasteiger partial charge >= 0.3 is 6.09 Å². The molecule has 0 bridgehead atoms. The molecule has 0 heterocycles. The highest BCUT2D eigenvalue weighted by Gasteiger charge is 2.26. The minimum Gasteiger partial charge on any atom is -0.444 e. The van der Waals surface area contributed by atoms with Crippen molar-refractivity contribution in [2.75, 3.05) is 6.54 Å². The van der Waals surface area contributed by atoms with Crippen molar-refractivity contribution in [3.8, 4) is 11.8 Å². The Labute approximate surface area is 120 Å². The normalized spacial score (nSPS) is 21.6. The lowest BCUT2D eigenvalue weighted by molar-refractivity contribution is -0.116. The maximum Gasteiger partial charge on any atom is 0.407 e. The smallest absolute Gasteiger partial charge is 0.407 e. The minimum absolute atomic E-state index is 0.161. The predicted molar refractivity (Wildman–Crippen MR) is 77.0 cm³/mol. The minimum atomic E-state index is -0.477. The molecule has 1 rings (SSSR count). The average Bonchev–Trinajstić information content (AvgIpc) is 2.72. The van der Waals surface area contributed by atoms with E-state index < -0.39 is 5.60 Å². The summed E-state index contributed by atoms with van der Waals surface area (Å²) in [6.45, 7) is 7.73. The SMILES string of the molecule is CC#CC(=O)NC1CCC(CNC(=O)OC(C)(C)C)C1. The molecule has 1 saturated carbocycles. The van der Waals surface area contributed by atoms with E-state index in [1.54, 1.807) is 6.92 Å². The molecule has 1 aliphatic rings. The topological polar surface area (TPSA) is 67.4 Å². The van der Waals surface area contributed by atoms with E-state index in [1.165, 1.54) is 0 Å². The van der Waals surface area contributed by atoms with E-state index in [2.05, 4.69) is 22.5 Å². The Kier molecular flexibility index (Phi) is 5.87. The zero-order valence-corrected chi connectivity index (χ0v) is 12.7. The van der Waals surface area contributed by atoms with Gasteiger partial charge in [-0.1, -0.05) is 5.92 Å². The van der Waals surface area contributed by atoms with Gasteiger partial charge in [-0.3, -0.25) is 4.79 Å². The van der Waals surface area contributed by atoms with E-state index in [9.17, 15) is 9.59 Å². The van der Waals surface area contributed by atoms with Gasteiger partial charge in [-0.2, -0.15) is 0 Å². The van der Waals surface area contributed by atoms with Crippen LogP contribution in [0.3, 0.4) is 0 Å². The maximum atomic E-state index is 11.5. The van der Waals surface area contributed by atoms with Crippen molar-refractivity contribution in [3.63, 3.8) is 0 Å². The second-order valence-corrected chi connectivity index (χ2v) is 6.11. The molecule has 5 nitrogen and oxygen atoms in total. The molecule has 0 saturated heterocycles. The Morgan fingerprint density at radius 3 is 2.60 bits per heavy atom. The number of alkyl carbamates (subject to hydrolysis) is 1. The molecule has 1 aliphatic carbocycles. The van der Waals surface area contributed by atoms with Crippen LogP contribution in [0.5, 0.6) is 0 Å². The molecule has 2 N–H and O–H groups in total. The van der Waals surface area contributed by atoms with Crippen LogP contribution < -0.4 is 10.6 Å². The third-order valence-corrected chi connectivity index (χ3v) is 3.05. The predicted octanol–water partition coefficient (Wildman–Crippen LogP) is 1.82. The van der Waals surface area contributed by atoms with Crippen molar-refractivity contribution in [1.82, 2.24) is 10.6 Å². The highest BCUT2D eigenvalue weighted by atomic mass is 16.6. The first-order chi connectivity index (χ1) is 9.30. The second kappa shape index (κ2) is 7.18. The molecule has 0 aromatic rings. The lowest BCUT2D eigenvalue weighted by Gasteiger charge is -2.20. The summed E-state index contributed by atoms with van der Waals surface area (Å²) in [7, 11) is 0. The standard InChI is InChI=1S/C15H24N2O3/c1-5-6-13(18)17-12-8-7-11(9-12)10-16-14(19)20-15(2,3)4/h11-12H,7-10H2,1-4H3,(H,16,19)(H,17,18). The second-order valence-electron chi connectivity index (χ2n) is 6.11. The molecule has 5 heteroatoms. The zero-order chi connectivity index (χ0) is 15.2.